The molecule has 112 valence electrons. The lowest BCUT2D eigenvalue weighted by molar-refractivity contribution is 0.593. The van der Waals surface area contributed by atoms with Crippen LogP contribution in [0.2, 0.25) is 0 Å². The van der Waals surface area contributed by atoms with Crippen molar-refractivity contribution in [2.45, 2.75) is 18.7 Å². The number of aryl methyl sites for hydroxylation is 2. The van der Waals surface area contributed by atoms with Crippen molar-refractivity contribution >= 4 is 32.9 Å². The van der Waals surface area contributed by atoms with Crippen molar-refractivity contribution in [3.8, 4) is 0 Å². The van der Waals surface area contributed by atoms with Gasteiger partial charge in [-0.15, -0.1) is 0 Å². The molecule has 0 unspecified atom stereocenters. The number of rotatable bonds is 4. The first-order chi connectivity index (χ1) is 9.75. The number of sulfonamides is 1. The molecule has 0 atom stereocenters. The predicted octanol–water partition coefficient (Wildman–Crippen LogP) is 1.49. The number of nitrogens with zero attached hydrogens (tertiary/aromatic N) is 2. The molecule has 0 aliphatic carbocycles. The summed E-state index contributed by atoms with van der Waals surface area (Å²) in [6.45, 7) is 3.32. The zero-order chi connectivity index (χ0) is 15.8. The normalized spacial score (nSPS) is 11.4. The molecule has 3 N–H and O–H groups in total. The molecule has 0 aliphatic heterocycles. The minimum atomic E-state index is -3.70. The molecule has 0 bridgehead atoms. The molecule has 1 aromatic heterocycles. The van der Waals surface area contributed by atoms with E-state index in [1.54, 1.807) is 38.1 Å². The zero-order valence-corrected chi connectivity index (χ0v) is 13.5. The van der Waals surface area contributed by atoms with E-state index in [-0.39, 0.29) is 9.88 Å². The summed E-state index contributed by atoms with van der Waals surface area (Å²) in [7, 11) is -2.21. The highest BCUT2D eigenvalue weighted by Gasteiger charge is 2.27. The van der Waals surface area contributed by atoms with E-state index < -0.39 is 10.0 Å². The van der Waals surface area contributed by atoms with Crippen molar-refractivity contribution in [3.63, 3.8) is 0 Å². The number of nitrogens with one attached hydrogen (secondary N) is 1. The van der Waals surface area contributed by atoms with Crippen LogP contribution in [-0.4, -0.2) is 30.7 Å². The maximum Gasteiger partial charge on any atom is 0.267 e. The molecular weight excluding hydrogens is 308 g/mol. The molecule has 21 heavy (non-hydrogen) atoms. The fourth-order valence-corrected chi connectivity index (χ4v) is 3.69. The lowest BCUT2D eigenvalue weighted by Gasteiger charge is -2.20. The SMILES string of the molecule is Cc1n[nH]c(C)c1S(=O)(=O)N(C)c1cccc(C(N)=S)c1. The van der Waals surface area contributed by atoms with Gasteiger partial charge in [0.05, 0.1) is 17.1 Å². The molecule has 0 spiro atoms. The Kier molecular flexibility index (Phi) is 4.02. The minimum Gasteiger partial charge on any atom is -0.389 e. The third-order valence-corrected chi connectivity index (χ3v) is 5.46. The van der Waals surface area contributed by atoms with Crippen LogP contribution in [0.3, 0.4) is 0 Å². The minimum absolute atomic E-state index is 0.186. The van der Waals surface area contributed by atoms with E-state index >= 15 is 0 Å². The van der Waals surface area contributed by atoms with Crippen molar-refractivity contribution in [1.29, 1.82) is 0 Å². The number of nitrogens with two attached hydrogens (primary N) is 1. The van der Waals surface area contributed by atoms with Crippen molar-refractivity contribution in [3.05, 3.63) is 41.2 Å². The Morgan fingerprint density at radius 3 is 2.57 bits per heavy atom. The number of hydrogen-bond acceptors (Lipinski definition) is 4. The first-order valence-electron chi connectivity index (χ1n) is 6.15. The molecular formula is C13H16N4O2S2. The number of hydrogen-bond donors (Lipinski definition) is 2. The molecule has 0 saturated carbocycles. The Bertz CT molecular complexity index is 777. The summed E-state index contributed by atoms with van der Waals surface area (Å²) in [5.41, 5.74) is 7.62. The lowest BCUT2D eigenvalue weighted by atomic mass is 10.2. The number of H-pyrrole nitrogens is 1. The Morgan fingerprint density at radius 1 is 1.38 bits per heavy atom. The van der Waals surface area contributed by atoms with E-state index in [4.69, 9.17) is 18.0 Å². The van der Waals surface area contributed by atoms with Gasteiger partial charge < -0.3 is 5.73 Å². The smallest absolute Gasteiger partial charge is 0.267 e. The monoisotopic (exact) mass is 324 g/mol. The Hall–Kier alpha value is -1.93. The number of anilines is 1. The fourth-order valence-electron chi connectivity index (χ4n) is 2.05. The van der Waals surface area contributed by atoms with Crippen LogP contribution in [0.5, 0.6) is 0 Å². The van der Waals surface area contributed by atoms with Crippen LogP contribution in [0.4, 0.5) is 5.69 Å². The molecule has 0 aliphatic rings. The Morgan fingerprint density at radius 2 is 2.05 bits per heavy atom. The molecule has 1 heterocycles. The summed E-state index contributed by atoms with van der Waals surface area (Å²) in [6, 6.07) is 6.78. The summed E-state index contributed by atoms with van der Waals surface area (Å²) in [6.07, 6.45) is 0. The molecule has 0 amide bonds. The molecule has 8 heteroatoms. The highest BCUT2D eigenvalue weighted by molar-refractivity contribution is 7.92. The predicted molar refractivity (Wildman–Crippen MR) is 86.0 cm³/mol. The second-order valence-electron chi connectivity index (χ2n) is 4.65. The fraction of sp³-hybridized carbons (Fsp3) is 0.231. The number of aromatic nitrogens is 2. The van der Waals surface area contributed by atoms with E-state index in [9.17, 15) is 8.42 Å². The first-order valence-corrected chi connectivity index (χ1v) is 8.00. The van der Waals surface area contributed by atoms with E-state index in [0.29, 0.717) is 22.6 Å². The highest BCUT2D eigenvalue weighted by Crippen LogP contribution is 2.26. The van der Waals surface area contributed by atoms with Crippen LogP contribution in [0.1, 0.15) is 17.0 Å². The van der Waals surface area contributed by atoms with E-state index in [0.717, 1.165) is 0 Å². The van der Waals surface area contributed by atoms with Crippen molar-refractivity contribution in [2.75, 3.05) is 11.4 Å². The average Bonchev–Trinajstić information content (AvgIpc) is 2.77. The molecule has 2 rings (SSSR count). The van der Waals surface area contributed by atoms with Crippen molar-refractivity contribution in [1.82, 2.24) is 10.2 Å². The largest absolute Gasteiger partial charge is 0.389 e. The second kappa shape index (κ2) is 5.45. The van der Waals surface area contributed by atoms with Crippen LogP contribution >= 0.6 is 12.2 Å². The van der Waals surface area contributed by atoms with Crippen molar-refractivity contribution < 1.29 is 8.42 Å². The Balaban J connectivity index is 2.51. The maximum absolute atomic E-state index is 12.7. The van der Waals surface area contributed by atoms with Gasteiger partial charge in [-0.3, -0.25) is 9.40 Å². The molecule has 6 nitrogen and oxygen atoms in total. The van der Waals surface area contributed by atoms with Gasteiger partial charge in [0.15, 0.2) is 0 Å². The molecule has 0 radical (unpaired) electrons. The van der Waals surface area contributed by atoms with Gasteiger partial charge in [0.1, 0.15) is 9.88 Å². The highest BCUT2D eigenvalue weighted by atomic mass is 32.2. The Labute approximate surface area is 129 Å². The van der Waals surface area contributed by atoms with E-state index in [1.807, 2.05) is 0 Å². The van der Waals surface area contributed by atoms with Crippen LogP contribution in [0, 0.1) is 13.8 Å². The standard InChI is InChI=1S/C13H16N4O2S2/c1-8-12(9(2)16-15-8)21(18,19)17(3)11-6-4-5-10(7-11)13(14)20/h4-7H,1-3H3,(H2,14,20)(H,15,16). The van der Waals surface area contributed by atoms with Gasteiger partial charge in [0, 0.05) is 12.6 Å². The van der Waals surface area contributed by atoms with Gasteiger partial charge in [0.2, 0.25) is 0 Å². The summed E-state index contributed by atoms with van der Waals surface area (Å²) in [5.74, 6) is 0. The van der Waals surface area contributed by atoms with Crippen LogP contribution in [0.25, 0.3) is 0 Å². The van der Waals surface area contributed by atoms with Crippen molar-refractivity contribution in [2.24, 2.45) is 5.73 Å². The van der Waals surface area contributed by atoms with E-state index in [2.05, 4.69) is 10.2 Å². The number of benzene rings is 1. The second-order valence-corrected chi connectivity index (χ2v) is 7.00. The summed E-state index contributed by atoms with van der Waals surface area (Å²) < 4.78 is 26.6. The van der Waals surface area contributed by atoms with Gasteiger partial charge in [-0.1, -0.05) is 24.4 Å². The van der Waals surface area contributed by atoms with Gasteiger partial charge >= 0.3 is 0 Å². The van der Waals surface area contributed by atoms with E-state index in [1.165, 1.54) is 11.4 Å². The van der Waals surface area contributed by atoms with Gasteiger partial charge in [-0.25, -0.2) is 8.42 Å². The molecule has 1 aromatic carbocycles. The topological polar surface area (TPSA) is 92.1 Å². The summed E-state index contributed by atoms with van der Waals surface area (Å²) in [5, 5.41) is 6.62. The third kappa shape index (κ3) is 2.77. The maximum atomic E-state index is 12.7. The van der Waals surface area contributed by atoms with Crippen LogP contribution < -0.4 is 10.0 Å². The van der Waals surface area contributed by atoms with Gasteiger partial charge in [-0.05, 0) is 26.0 Å². The quantitative estimate of drug-likeness (QED) is 0.831. The van der Waals surface area contributed by atoms with Gasteiger partial charge in [-0.2, -0.15) is 5.10 Å². The number of aromatic amines is 1. The first kappa shape index (κ1) is 15.5. The molecule has 0 fully saturated rings. The zero-order valence-electron chi connectivity index (χ0n) is 11.9. The lowest BCUT2D eigenvalue weighted by Crippen LogP contribution is -2.27. The molecule has 2 aromatic rings. The summed E-state index contributed by atoms with van der Waals surface area (Å²) in [4.78, 5) is 0.407. The third-order valence-electron chi connectivity index (χ3n) is 3.17. The number of thiocarbonyl (C=S) groups is 1. The van der Waals surface area contributed by atoms with Gasteiger partial charge in [0.25, 0.3) is 10.0 Å². The van der Waals surface area contributed by atoms with Crippen LogP contribution in [-0.2, 0) is 10.0 Å². The van der Waals surface area contributed by atoms with Crippen LogP contribution in [0.15, 0.2) is 29.2 Å². The average molecular weight is 324 g/mol. The summed E-state index contributed by atoms with van der Waals surface area (Å²) >= 11 is 4.92. The molecule has 0 saturated heterocycles.